The molecular formula is C17H24N3O2S+. The first-order chi connectivity index (χ1) is 11.0. The van der Waals surface area contributed by atoms with Gasteiger partial charge in [0, 0.05) is 17.0 Å². The lowest BCUT2D eigenvalue weighted by molar-refractivity contribution is -0.885. The van der Waals surface area contributed by atoms with E-state index >= 15 is 0 Å². The third-order valence-corrected chi connectivity index (χ3v) is 4.15. The first kappa shape index (κ1) is 17.4. The second-order valence-electron chi connectivity index (χ2n) is 5.86. The van der Waals surface area contributed by atoms with Gasteiger partial charge in [0.2, 0.25) is 0 Å². The number of nitrogens with zero attached hydrogens (tertiary/aromatic N) is 1. The second kappa shape index (κ2) is 8.08. The fourth-order valence-electron chi connectivity index (χ4n) is 2.34. The van der Waals surface area contributed by atoms with Gasteiger partial charge in [-0.3, -0.25) is 4.79 Å². The highest BCUT2D eigenvalue weighted by molar-refractivity contribution is 7.09. The van der Waals surface area contributed by atoms with Crippen LogP contribution in [0.25, 0.3) is 11.3 Å². The molecule has 0 aliphatic carbocycles. The number of benzene rings is 1. The highest BCUT2D eigenvalue weighted by Crippen LogP contribution is 2.30. The molecule has 6 heteroatoms. The zero-order valence-electron chi connectivity index (χ0n) is 14.1. The summed E-state index contributed by atoms with van der Waals surface area (Å²) in [6, 6.07) is 8.03. The Balaban J connectivity index is 2.01. The number of nitrogens with one attached hydrogen (secondary N) is 2. The third-order valence-electron chi connectivity index (χ3n) is 3.30. The van der Waals surface area contributed by atoms with E-state index in [-0.39, 0.29) is 11.9 Å². The van der Waals surface area contributed by atoms with Crippen LogP contribution in [0.15, 0.2) is 29.6 Å². The van der Waals surface area contributed by atoms with E-state index in [9.17, 15) is 4.79 Å². The summed E-state index contributed by atoms with van der Waals surface area (Å²) < 4.78 is 5.39. The molecule has 5 nitrogen and oxygen atoms in total. The Bertz CT molecular complexity index is 655. The van der Waals surface area contributed by atoms with Crippen molar-refractivity contribution in [2.45, 2.75) is 26.4 Å². The van der Waals surface area contributed by atoms with Gasteiger partial charge in [-0.05, 0) is 26.0 Å². The molecule has 1 heterocycles. The monoisotopic (exact) mass is 334 g/mol. The Kier molecular flexibility index (Phi) is 6.12. The number of quaternary nitrogens is 1. The molecule has 1 aromatic carbocycles. The van der Waals surface area contributed by atoms with Crippen LogP contribution in [-0.4, -0.2) is 37.6 Å². The molecule has 23 heavy (non-hydrogen) atoms. The predicted molar refractivity (Wildman–Crippen MR) is 92.8 cm³/mol. The minimum atomic E-state index is 0.0685. The molecule has 1 unspecified atom stereocenters. The maximum Gasteiger partial charge on any atom is 0.275 e. The molecule has 1 amide bonds. The van der Waals surface area contributed by atoms with E-state index < -0.39 is 0 Å². The number of ether oxygens (including phenoxy) is 1. The number of hydrogen-bond donors (Lipinski definition) is 2. The van der Waals surface area contributed by atoms with Crippen LogP contribution in [0.5, 0.6) is 5.75 Å². The number of thiazole rings is 1. The smallest absolute Gasteiger partial charge is 0.275 e. The van der Waals surface area contributed by atoms with E-state index in [0.29, 0.717) is 6.54 Å². The van der Waals surface area contributed by atoms with E-state index in [1.54, 1.807) is 18.4 Å². The first-order valence-electron chi connectivity index (χ1n) is 7.68. The Morgan fingerprint density at radius 2 is 2.13 bits per heavy atom. The molecule has 0 saturated carbocycles. The number of methoxy groups -OCH3 is 1. The molecule has 1 atom stereocenters. The molecule has 2 aromatic rings. The lowest BCUT2D eigenvalue weighted by Gasteiger charge is -2.13. The molecule has 2 rings (SSSR count). The molecule has 1 aromatic heterocycles. The Labute approximate surface area is 141 Å². The Morgan fingerprint density at radius 1 is 1.39 bits per heavy atom. The molecule has 0 fully saturated rings. The SMILES string of the molecule is COc1ccccc1-c1csc(C[NH+](C)CC(=O)NC(C)C)n1. The average molecular weight is 334 g/mol. The molecule has 0 saturated heterocycles. The summed E-state index contributed by atoms with van der Waals surface area (Å²) in [6.07, 6.45) is 0. The van der Waals surface area contributed by atoms with Gasteiger partial charge < -0.3 is 15.0 Å². The number of para-hydroxylation sites is 1. The molecule has 0 radical (unpaired) electrons. The van der Waals surface area contributed by atoms with Gasteiger partial charge in [0.15, 0.2) is 6.54 Å². The van der Waals surface area contributed by atoms with Crippen LogP contribution >= 0.6 is 11.3 Å². The van der Waals surface area contributed by atoms with E-state index in [2.05, 4.69) is 10.3 Å². The zero-order valence-corrected chi connectivity index (χ0v) is 14.9. The number of rotatable bonds is 7. The molecule has 0 bridgehead atoms. The molecule has 0 spiro atoms. The zero-order chi connectivity index (χ0) is 16.8. The van der Waals surface area contributed by atoms with Gasteiger partial charge in [-0.1, -0.05) is 12.1 Å². The number of carbonyl (C=O) groups is 1. The summed E-state index contributed by atoms with van der Waals surface area (Å²) in [6.45, 7) is 5.11. The maximum absolute atomic E-state index is 11.8. The van der Waals surface area contributed by atoms with Crippen molar-refractivity contribution < 1.29 is 14.4 Å². The van der Waals surface area contributed by atoms with Crippen molar-refractivity contribution >= 4 is 17.2 Å². The van der Waals surface area contributed by atoms with Crippen molar-refractivity contribution in [1.29, 1.82) is 0 Å². The van der Waals surface area contributed by atoms with Gasteiger partial charge >= 0.3 is 0 Å². The molecule has 0 aliphatic rings. The normalized spacial score (nSPS) is 12.2. The van der Waals surface area contributed by atoms with Crippen LogP contribution in [-0.2, 0) is 11.3 Å². The van der Waals surface area contributed by atoms with Gasteiger partial charge in [-0.25, -0.2) is 4.98 Å². The number of aromatic nitrogens is 1. The summed E-state index contributed by atoms with van der Waals surface area (Å²) in [5.41, 5.74) is 1.91. The lowest BCUT2D eigenvalue weighted by Crippen LogP contribution is -3.09. The Hall–Kier alpha value is -1.92. The minimum Gasteiger partial charge on any atom is -0.496 e. The molecule has 2 N–H and O–H groups in total. The first-order valence-corrected chi connectivity index (χ1v) is 8.56. The quantitative estimate of drug-likeness (QED) is 0.804. The third kappa shape index (κ3) is 5.04. The highest BCUT2D eigenvalue weighted by atomic mass is 32.1. The summed E-state index contributed by atoms with van der Waals surface area (Å²) in [5.74, 6) is 0.889. The fourth-order valence-corrected chi connectivity index (χ4v) is 3.25. The van der Waals surface area contributed by atoms with E-state index in [0.717, 1.165) is 33.5 Å². The summed E-state index contributed by atoms with van der Waals surface area (Å²) in [7, 11) is 3.67. The average Bonchev–Trinajstić information content (AvgIpc) is 2.94. The standard InChI is InChI=1S/C17H23N3O2S/c1-12(2)18-16(21)9-20(3)10-17-19-14(11-23-17)13-7-5-6-8-15(13)22-4/h5-8,11-12H,9-10H2,1-4H3,(H,18,21)/p+1. The largest absolute Gasteiger partial charge is 0.496 e. The number of amides is 1. The van der Waals surface area contributed by atoms with Gasteiger partial charge in [0.25, 0.3) is 5.91 Å². The summed E-state index contributed by atoms with van der Waals surface area (Å²) >= 11 is 1.61. The number of hydrogen-bond acceptors (Lipinski definition) is 4. The van der Waals surface area contributed by atoms with Crippen molar-refractivity contribution in [3.05, 3.63) is 34.7 Å². The summed E-state index contributed by atoms with van der Waals surface area (Å²) in [5, 5.41) is 5.96. The lowest BCUT2D eigenvalue weighted by atomic mass is 10.1. The summed E-state index contributed by atoms with van der Waals surface area (Å²) in [4.78, 5) is 17.6. The van der Waals surface area contributed by atoms with Crippen molar-refractivity contribution in [2.75, 3.05) is 20.7 Å². The highest BCUT2D eigenvalue weighted by Gasteiger charge is 2.15. The number of likely N-dealkylation sites (N-methyl/N-ethyl adjacent to an activating group) is 1. The van der Waals surface area contributed by atoms with Gasteiger partial charge in [0.1, 0.15) is 17.3 Å². The van der Waals surface area contributed by atoms with E-state index in [1.165, 1.54) is 0 Å². The van der Waals surface area contributed by atoms with Gasteiger partial charge in [0.05, 0.1) is 19.9 Å². The topological polar surface area (TPSA) is 55.7 Å². The molecular weight excluding hydrogens is 310 g/mol. The fraction of sp³-hybridized carbons (Fsp3) is 0.412. The van der Waals surface area contributed by atoms with E-state index in [4.69, 9.17) is 4.74 Å². The van der Waals surface area contributed by atoms with E-state index in [1.807, 2.05) is 50.5 Å². The van der Waals surface area contributed by atoms with Crippen LogP contribution in [0.4, 0.5) is 0 Å². The predicted octanol–water partition coefficient (Wildman–Crippen LogP) is 1.36. The maximum atomic E-state index is 11.8. The van der Waals surface area contributed by atoms with Crippen molar-refractivity contribution in [1.82, 2.24) is 10.3 Å². The van der Waals surface area contributed by atoms with Crippen LogP contribution in [0.1, 0.15) is 18.9 Å². The minimum absolute atomic E-state index is 0.0685. The van der Waals surface area contributed by atoms with Crippen molar-refractivity contribution in [3.8, 4) is 17.0 Å². The number of carbonyl (C=O) groups excluding carboxylic acids is 1. The Morgan fingerprint density at radius 3 is 2.83 bits per heavy atom. The van der Waals surface area contributed by atoms with Crippen LogP contribution in [0, 0.1) is 0 Å². The van der Waals surface area contributed by atoms with Crippen LogP contribution < -0.4 is 15.0 Å². The van der Waals surface area contributed by atoms with Crippen LogP contribution in [0.3, 0.4) is 0 Å². The second-order valence-corrected chi connectivity index (χ2v) is 6.80. The van der Waals surface area contributed by atoms with Crippen molar-refractivity contribution in [2.24, 2.45) is 0 Å². The van der Waals surface area contributed by atoms with Gasteiger partial charge in [-0.15, -0.1) is 11.3 Å². The molecule has 0 aliphatic heterocycles. The van der Waals surface area contributed by atoms with Crippen LogP contribution in [0.2, 0.25) is 0 Å². The van der Waals surface area contributed by atoms with Crippen molar-refractivity contribution in [3.63, 3.8) is 0 Å². The van der Waals surface area contributed by atoms with Gasteiger partial charge in [-0.2, -0.15) is 0 Å². The molecule has 124 valence electrons.